The van der Waals surface area contributed by atoms with Crippen molar-refractivity contribution in [1.82, 2.24) is 19.9 Å². The quantitative estimate of drug-likeness (QED) is 0.622. The van der Waals surface area contributed by atoms with E-state index in [2.05, 4.69) is 30.6 Å². The zero-order valence-electron chi connectivity index (χ0n) is 15.3. The van der Waals surface area contributed by atoms with Crippen LogP contribution >= 0.6 is 0 Å². The van der Waals surface area contributed by atoms with Gasteiger partial charge in [0.2, 0.25) is 11.8 Å². The van der Waals surface area contributed by atoms with Crippen LogP contribution in [-0.4, -0.2) is 37.6 Å². The molecule has 0 spiro atoms. The van der Waals surface area contributed by atoms with Crippen molar-refractivity contribution in [1.29, 1.82) is 5.26 Å². The summed E-state index contributed by atoms with van der Waals surface area (Å²) in [5.41, 5.74) is 0.983. The van der Waals surface area contributed by atoms with Crippen molar-refractivity contribution in [3.63, 3.8) is 0 Å². The van der Waals surface area contributed by atoms with Crippen molar-refractivity contribution in [2.45, 2.75) is 31.7 Å². The molecule has 3 N–H and O–H groups in total. The molecule has 1 aliphatic rings. The van der Waals surface area contributed by atoms with Gasteiger partial charge in [0, 0.05) is 24.2 Å². The molecule has 0 bridgehead atoms. The first-order valence-corrected chi connectivity index (χ1v) is 9.38. The van der Waals surface area contributed by atoms with E-state index in [1.54, 1.807) is 6.20 Å². The Hall–Kier alpha value is -3.47. The minimum absolute atomic E-state index is 0.0408. The van der Waals surface area contributed by atoms with Crippen molar-refractivity contribution < 1.29 is 5.11 Å². The molecule has 3 aromatic heterocycles. The van der Waals surface area contributed by atoms with Crippen molar-refractivity contribution >= 4 is 22.7 Å². The predicted molar refractivity (Wildman–Crippen MR) is 106 cm³/mol. The molecule has 142 valence electrons. The monoisotopic (exact) mass is 375 g/mol. The van der Waals surface area contributed by atoms with Gasteiger partial charge >= 0.3 is 0 Å². The van der Waals surface area contributed by atoms with Gasteiger partial charge in [-0.15, -0.1) is 0 Å². The highest BCUT2D eigenvalue weighted by molar-refractivity contribution is 5.83. The van der Waals surface area contributed by atoms with E-state index >= 15 is 0 Å². The van der Waals surface area contributed by atoms with Crippen LogP contribution in [-0.2, 0) is 0 Å². The van der Waals surface area contributed by atoms with Gasteiger partial charge in [-0.3, -0.25) is 0 Å². The van der Waals surface area contributed by atoms with Crippen molar-refractivity contribution in [3.8, 4) is 11.9 Å². The molecule has 0 atom stereocenters. The maximum atomic E-state index is 9.88. The highest BCUT2D eigenvalue weighted by Crippen LogP contribution is 2.28. The lowest BCUT2D eigenvalue weighted by atomic mass is 9.86. The highest BCUT2D eigenvalue weighted by Gasteiger charge is 2.21. The second-order valence-corrected chi connectivity index (χ2v) is 7.05. The standard InChI is InChI=1S/C20H21N7O/c21-9-14-11-24-20(25-12-14)23-10-13-1-4-16(5-2-13)26-17-6-3-15-7-8-22-19(28)18(15)27-17/h3,6-8,11-13,16H,1-2,4-5,10H2,(H,22,28)(H,26,27)(H,23,24,25)/t13-,16-. The number of aromatic nitrogens is 4. The summed E-state index contributed by atoms with van der Waals surface area (Å²) in [5, 5.41) is 26.3. The molecule has 1 fully saturated rings. The number of hydrogen-bond donors (Lipinski definition) is 3. The Bertz CT molecular complexity index is 992. The van der Waals surface area contributed by atoms with Gasteiger partial charge in [0.1, 0.15) is 17.4 Å². The molecule has 0 unspecified atom stereocenters. The third-order valence-corrected chi connectivity index (χ3v) is 5.12. The zero-order valence-corrected chi connectivity index (χ0v) is 15.3. The van der Waals surface area contributed by atoms with Gasteiger partial charge in [0.05, 0.1) is 18.0 Å². The molecule has 0 aliphatic heterocycles. The number of nitrogens with zero attached hydrogens (tertiary/aromatic N) is 5. The van der Waals surface area contributed by atoms with Crippen LogP contribution in [0.5, 0.6) is 5.88 Å². The summed E-state index contributed by atoms with van der Waals surface area (Å²) in [6.45, 7) is 0.826. The maximum absolute atomic E-state index is 9.88. The minimum atomic E-state index is -0.0408. The molecular weight excluding hydrogens is 354 g/mol. The highest BCUT2D eigenvalue weighted by atomic mass is 16.3. The van der Waals surface area contributed by atoms with Gasteiger partial charge in [0.25, 0.3) is 0 Å². The Morgan fingerprint density at radius 3 is 2.61 bits per heavy atom. The summed E-state index contributed by atoms with van der Waals surface area (Å²) < 4.78 is 0. The summed E-state index contributed by atoms with van der Waals surface area (Å²) in [4.78, 5) is 16.7. The predicted octanol–water partition coefficient (Wildman–Crippen LogP) is 3.08. The summed E-state index contributed by atoms with van der Waals surface area (Å²) in [7, 11) is 0. The first kappa shape index (κ1) is 17.9. The molecule has 28 heavy (non-hydrogen) atoms. The van der Waals surface area contributed by atoms with Crippen molar-refractivity contribution in [2.24, 2.45) is 5.92 Å². The lowest BCUT2D eigenvalue weighted by Crippen LogP contribution is -2.29. The second-order valence-electron chi connectivity index (χ2n) is 7.05. The Labute approximate surface area is 162 Å². The summed E-state index contributed by atoms with van der Waals surface area (Å²) in [5.74, 6) is 1.85. The van der Waals surface area contributed by atoms with E-state index in [-0.39, 0.29) is 5.88 Å². The Kier molecular flexibility index (Phi) is 5.15. The van der Waals surface area contributed by atoms with Crippen LogP contribution in [0.2, 0.25) is 0 Å². The van der Waals surface area contributed by atoms with Crippen LogP contribution < -0.4 is 10.6 Å². The van der Waals surface area contributed by atoms with Crippen molar-refractivity contribution in [3.05, 3.63) is 42.4 Å². The molecule has 3 aromatic rings. The van der Waals surface area contributed by atoms with Crippen LogP contribution in [0.25, 0.3) is 10.9 Å². The number of nitrogens with one attached hydrogen (secondary N) is 2. The Balaban J connectivity index is 1.28. The fraction of sp³-hybridized carbons (Fsp3) is 0.350. The molecule has 0 amide bonds. The van der Waals surface area contributed by atoms with Gasteiger partial charge < -0.3 is 15.7 Å². The lowest BCUT2D eigenvalue weighted by molar-refractivity contribution is 0.350. The topological polar surface area (TPSA) is 120 Å². The number of anilines is 2. The normalized spacial score (nSPS) is 19.1. The number of fused-ring (bicyclic) bond motifs is 1. The fourth-order valence-corrected chi connectivity index (χ4v) is 3.55. The van der Waals surface area contributed by atoms with E-state index in [1.165, 1.54) is 12.4 Å². The average Bonchev–Trinajstić information content (AvgIpc) is 2.74. The molecule has 1 saturated carbocycles. The number of hydrogen-bond acceptors (Lipinski definition) is 8. The molecule has 0 saturated heterocycles. The maximum Gasteiger partial charge on any atom is 0.238 e. The van der Waals surface area contributed by atoms with E-state index in [1.807, 2.05) is 24.3 Å². The van der Waals surface area contributed by atoms with Crippen LogP contribution in [0.1, 0.15) is 31.2 Å². The third kappa shape index (κ3) is 4.09. The van der Waals surface area contributed by atoms with Gasteiger partial charge in [-0.2, -0.15) is 5.26 Å². The van der Waals surface area contributed by atoms with E-state index in [0.29, 0.717) is 29.0 Å². The van der Waals surface area contributed by atoms with Gasteiger partial charge in [-0.05, 0) is 49.8 Å². The average molecular weight is 375 g/mol. The fourth-order valence-electron chi connectivity index (χ4n) is 3.55. The van der Waals surface area contributed by atoms with Crippen LogP contribution in [0, 0.1) is 17.2 Å². The number of pyridine rings is 2. The van der Waals surface area contributed by atoms with E-state index in [0.717, 1.165) is 43.4 Å². The molecule has 0 aromatic carbocycles. The second kappa shape index (κ2) is 8.05. The Morgan fingerprint density at radius 1 is 1.07 bits per heavy atom. The minimum Gasteiger partial charge on any atom is -0.492 e. The van der Waals surface area contributed by atoms with Gasteiger partial charge in [0.15, 0.2) is 0 Å². The molecule has 8 nitrogen and oxygen atoms in total. The lowest BCUT2D eigenvalue weighted by Gasteiger charge is -2.29. The molecule has 3 heterocycles. The first-order valence-electron chi connectivity index (χ1n) is 9.38. The smallest absolute Gasteiger partial charge is 0.238 e. The molecule has 4 rings (SSSR count). The SMILES string of the molecule is N#Cc1cnc(NC[C@H]2CC[C@H](Nc3ccc4ccnc(O)c4n3)CC2)nc1. The van der Waals surface area contributed by atoms with E-state index in [4.69, 9.17) is 5.26 Å². The van der Waals surface area contributed by atoms with Crippen LogP contribution in [0.15, 0.2) is 36.8 Å². The molecule has 8 heteroatoms. The summed E-state index contributed by atoms with van der Waals surface area (Å²) in [6.07, 6.45) is 8.94. The molecule has 1 aliphatic carbocycles. The van der Waals surface area contributed by atoms with Crippen LogP contribution in [0.3, 0.4) is 0 Å². The van der Waals surface area contributed by atoms with Crippen LogP contribution in [0.4, 0.5) is 11.8 Å². The Morgan fingerprint density at radius 2 is 1.86 bits per heavy atom. The first-order chi connectivity index (χ1) is 13.7. The van der Waals surface area contributed by atoms with E-state index < -0.39 is 0 Å². The summed E-state index contributed by atoms with van der Waals surface area (Å²) in [6, 6.07) is 8.10. The number of aromatic hydroxyl groups is 1. The summed E-state index contributed by atoms with van der Waals surface area (Å²) >= 11 is 0. The molecular formula is C20H21N7O. The number of rotatable bonds is 5. The van der Waals surface area contributed by atoms with Gasteiger partial charge in [-0.25, -0.2) is 19.9 Å². The molecule has 0 radical (unpaired) electrons. The van der Waals surface area contributed by atoms with Crippen molar-refractivity contribution in [2.75, 3.05) is 17.2 Å². The van der Waals surface area contributed by atoms with E-state index in [9.17, 15) is 5.11 Å². The number of nitriles is 1. The largest absolute Gasteiger partial charge is 0.492 e. The van der Waals surface area contributed by atoms with Gasteiger partial charge in [-0.1, -0.05) is 0 Å². The third-order valence-electron chi connectivity index (χ3n) is 5.12. The zero-order chi connectivity index (χ0) is 19.3.